The number of ether oxygens (including phenoxy) is 1. The summed E-state index contributed by atoms with van der Waals surface area (Å²) in [7, 11) is 1.49. The third-order valence-corrected chi connectivity index (χ3v) is 4.46. The highest BCUT2D eigenvalue weighted by atomic mass is 16.5. The quantitative estimate of drug-likeness (QED) is 0.594. The molecule has 0 fully saturated rings. The van der Waals surface area contributed by atoms with E-state index in [0.29, 0.717) is 17.0 Å². The van der Waals surface area contributed by atoms with Crippen molar-refractivity contribution in [1.82, 2.24) is 0 Å². The van der Waals surface area contributed by atoms with Gasteiger partial charge in [0.15, 0.2) is 5.78 Å². The van der Waals surface area contributed by atoms with Gasteiger partial charge in [0.2, 0.25) is 0 Å². The van der Waals surface area contributed by atoms with Gasteiger partial charge in [-0.1, -0.05) is 35.9 Å². The summed E-state index contributed by atoms with van der Waals surface area (Å²) in [5.74, 6) is -1.16. The lowest BCUT2D eigenvalue weighted by Crippen LogP contribution is -2.13. The Hall–Kier alpha value is -3.60. The average molecular weight is 375 g/mol. The maximum atomic E-state index is 13.1. The van der Waals surface area contributed by atoms with Gasteiger partial charge in [-0.25, -0.2) is 4.79 Å². The Morgan fingerprint density at radius 3 is 2.21 bits per heavy atom. The lowest BCUT2D eigenvalue weighted by atomic mass is 9.95. The molecule has 0 aromatic heterocycles. The van der Waals surface area contributed by atoms with Crippen molar-refractivity contribution >= 4 is 23.1 Å². The SMILES string of the molecule is COc1cc(C)ccc1C(=O)c1cccc(Nc2ccc(C)cc2)c1C(=O)O. The van der Waals surface area contributed by atoms with Crippen LogP contribution in [-0.4, -0.2) is 24.0 Å². The van der Waals surface area contributed by atoms with E-state index in [-0.39, 0.29) is 11.1 Å². The molecule has 142 valence electrons. The molecule has 3 rings (SSSR count). The number of nitrogens with one attached hydrogen (secondary N) is 1. The normalized spacial score (nSPS) is 10.4. The summed E-state index contributed by atoms with van der Waals surface area (Å²) in [5, 5.41) is 12.9. The summed E-state index contributed by atoms with van der Waals surface area (Å²) >= 11 is 0. The number of ketones is 1. The Morgan fingerprint density at radius 1 is 0.893 bits per heavy atom. The summed E-state index contributed by atoms with van der Waals surface area (Å²) in [6.07, 6.45) is 0. The molecule has 0 unspecified atom stereocenters. The van der Waals surface area contributed by atoms with Crippen LogP contribution in [0.3, 0.4) is 0 Å². The molecule has 0 aliphatic carbocycles. The van der Waals surface area contributed by atoms with Gasteiger partial charge in [0.1, 0.15) is 5.75 Å². The predicted molar refractivity (Wildman–Crippen MR) is 109 cm³/mol. The zero-order valence-electron chi connectivity index (χ0n) is 15.9. The van der Waals surface area contributed by atoms with Crippen molar-refractivity contribution in [2.75, 3.05) is 12.4 Å². The molecule has 0 atom stereocenters. The van der Waals surface area contributed by atoms with Crippen molar-refractivity contribution in [3.63, 3.8) is 0 Å². The smallest absolute Gasteiger partial charge is 0.338 e. The van der Waals surface area contributed by atoms with E-state index in [9.17, 15) is 14.7 Å². The number of carbonyl (C=O) groups is 2. The van der Waals surface area contributed by atoms with Gasteiger partial charge < -0.3 is 15.2 Å². The number of hydrogen-bond donors (Lipinski definition) is 2. The number of carboxylic acids is 1. The van der Waals surface area contributed by atoms with Gasteiger partial charge in [0, 0.05) is 11.3 Å². The Morgan fingerprint density at radius 2 is 1.57 bits per heavy atom. The van der Waals surface area contributed by atoms with Gasteiger partial charge in [-0.15, -0.1) is 0 Å². The molecule has 0 radical (unpaired) electrons. The first-order valence-electron chi connectivity index (χ1n) is 8.80. The van der Waals surface area contributed by atoms with E-state index in [0.717, 1.165) is 16.8 Å². The summed E-state index contributed by atoms with van der Waals surface area (Å²) in [4.78, 5) is 25.1. The third kappa shape index (κ3) is 3.88. The van der Waals surface area contributed by atoms with Gasteiger partial charge in [-0.3, -0.25) is 4.79 Å². The molecule has 5 nitrogen and oxygen atoms in total. The van der Waals surface area contributed by atoms with Crippen LogP contribution in [0.15, 0.2) is 60.7 Å². The van der Waals surface area contributed by atoms with Gasteiger partial charge >= 0.3 is 5.97 Å². The first-order valence-corrected chi connectivity index (χ1v) is 8.80. The maximum absolute atomic E-state index is 13.1. The highest BCUT2D eigenvalue weighted by Gasteiger charge is 2.23. The van der Waals surface area contributed by atoms with E-state index in [2.05, 4.69) is 5.32 Å². The predicted octanol–water partition coefficient (Wildman–Crippen LogP) is 4.98. The van der Waals surface area contributed by atoms with Crippen molar-refractivity contribution in [2.45, 2.75) is 13.8 Å². The molecule has 3 aromatic rings. The Labute approximate surface area is 163 Å². The molecule has 0 aliphatic heterocycles. The van der Waals surface area contributed by atoms with Crippen molar-refractivity contribution in [1.29, 1.82) is 0 Å². The molecule has 5 heteroatoms. The first kappa shape index (κ1) is 19.2. The van der Waals surface area contributed by atoms with Crippen LogP contribution in [0, 0.1) is 13.8 Å². The summed E-state index contributed by atoms with van der Waals surface area (Å²) in [5.41, 5.74) is 3.49. The first-order chi connectivity index (χ1) is 13.4. The fourth-order valence-corrected chi connectivity index (χ4v) is 3.00. The molecule has 0 spiro atoms. The number of carbonyl (C=O) groups excluding carboxylic acids is 1. The van der Waals surface area contributed by atoms with Crippen LogP contribution in [0.5, 0.6) is 5.75 Å². The average Bonchev–Trinajstić information content (AvgIpc) is 2.68. The van der Waals surface area contributed by atoms with Gasteiger partial charge in [-0.05, 0) is 49.7 Å². The number of aryl methyl sites for hydroxylation is 2. The highest BCUT2D eigenvalue weighted by Crippen LogP contribution is 2.29. The number of hydrogen-bond acceptors (Lipinski definition) is 4. The summed E-state index contributed by atoms with van der Waals surface area (Å²) in [6.45, 7) is 3.87. The largest absolute Gasteiger partial charge is 0.496 e. The number of rotatable bonds is 6. The highest BCUT2D eigenvalue weighted by molar-refractivity contribution is 6.17. The second-order valence-corrected chi connectivity index (χ2v) is 6.56. The van der Waals surface area contributed by atoms with Crippen LogP contribution in [-0.2, 0) is 0 Å². The van der Waals surface area contributed by atoms with Crippen LogP contribution < -0.4 is 10.1 Å². The Balaban J connectivity index is 2.08. The monoisotopic (exact) mass is 375 g/mol. The third-order valence-electron chi connectivity index (χ3n) is 4.46. The molecule has 0 bridgehead atoms. The number of carboxylic acid groups (broad SMARTS) is 1. The lowest BCUT2D eigenvalue weighted by Gasteiger charge is -2.14. The summed E-state index contributed by atoms with van der Waals surface area (Å²) < 4.78 is 5.32. The van der Waals surface area contributed by atoms with Crippen molar-refractivity contribution in [3.8, 4) is 5.75 Å². The van der Waals surface area contributed by atoms with Crippen molar-refractivity contribution in [3.05, 3.63) is 88.5 Å². The number of methoxy groups -OCH3 is 1. The molecular formula is C23H21NO4. The lowest BCUT2D eigenvalue weighted by molar-refractivity contribution is 0.0694. The standard InChI is InChI=1S/C23H21NO4/c1-14-7-10-16(11-8-14)24-19-6-4-5-18(21(19)23(26)27)22(25)17-12-9-15(2)13-20(17)28-3/h4-13,24H,1-3H3,(H,26,27). The molecule has 0 saturated heterocycles. The molecule has 0 amide bonds. The second kappa shape index (κ2) is 7.96. The minimum absolute atomic E-state index is 0.0734. The van der Waals surface area contributed by atoms with Crippen LogP contribution in [0.1, 0.15) is 37.4 Å². The summed E-state index contributed by atoms with van der Waals surface area (Å²) in [6, 6.07) is 17.6. The fourth-order valence-electron chi connectivity index (χ4n) is 3.00. The van der Waals surface area contributed by atoms with Crippen molar-refractivity contribution < 1.29 is 19.4 Å². The van der Waals surface area contributed by atoms with Gasteiger partial charge in [0.25, 0.3) is 0 Å². The van der Waals surface area contributed by atoms with Gasteiger partial charge in [0.05, 0.1) is 23.9 Å². The van der Waals surface area contributed by atoms with E-state index in [1.54, 1.807) is 30.3 Å². The molecule has 2 N–H and O–H groups in total. The number of benzene rings is 3. The fraction of sp³-hybridized carbons (Fsp3) is 0.130. The zero-order chi connectivity index (χ0) is 20.3. The molecule has 0 aliphatic rings. The van der Waals surface area contributed by atoms with E-state index >= 15 is 0 Å². The van der Waals surface area contributed by atoms with E-state index in [4.69, 9.17) is 4.74 Å². The van der Waals surface area contributed by atoms with Crippen LogP contribution in [0.2, 0.25) is 0 Å². The number of aromatic carboxylic acids is 1. The van der Waals surface area contributed by atoms with E-state index < -0.39 is 11.8 Å². The minimum Gasteiger partial charge on any atom is -0.496 e. The Bertz CT molecular complexity index is 1040. The molecule has 0 heterocycles. The van der Waals surface area contributed by atoms with Gasteiger partial charge in [-0.2, -0.15) is 0 Å². The van der Waals surface area contributed by atoms with Crippen LogP contribution in [0.25, 0.3) is 0 Å². The van der Waals surface area contributed by atoms with Crippen molar-refractivity contribution in [2.24, 2.45) is 0 Å². The zero-order valence-corrected chi connectivity index (χ0v) is 15.9. The van der Waals surface area contributed by atoms with Crippen LogP contribution in [0.4, 0.5) is 11.4 Å². The van der Waals surface area contributed by atoms with Crippen LogP contribution >= 0.6 is 0 Å². The molecule has 3 aromatic carbocycles. The molecular weight excluding hydrogens is 354 g/mol. The van der Waals surface area contributed by atoms with E-state index in [1.807, 2.05) is 38.1 Å². The van der Waals surface area contributed by atoms with E-state index in [1.165, 1.54) is 13.2 Å². The minimum atomic E-state index is -1.18. The second-order valence-electron chi connectivity index (χ2n) is 6.56. The maximum Gasteiger partial charge on any atom is 0.338 e. The topological polar surface area (TPSA) is 75.6 Å². The number of anilines is 2. The molecule has 28 heavy (non-hydrogen) atoms. The Kier molecular flexibility index (Phi) is 5.45. The molecule has 0 saturated carbocycles.